The lowest BCUT2D eigenvalue weighted by Crippen LogP contribution is -2.31. The third-order valence-electron chi connectivity index (χ3n) is 4.96. The van der Waals surface area contributed by atoms with E-state index in [-0.39, 0.29) is 0 Å². The number of rotatable bonds is 5. The van der Waals surface area contributed by atoms with Crippen molar-refractivity contribution in [2.45, 2.75) is 13.0 Å². The van der Waals surface area contributed by atoms with Gasteiger partial charge >= 0.3 is 0 Å². The minimum atomic E-state index is 0.598. The number of hydrogen-bond donors (Lipinski definition) is 1. The molecule has 0 saturated carbocycles. The zero-order valence-corrected chi connectivity index (χ0v) is 16.3. The van der Waals surface area contributed by atoms with E-state index in [0.29, 0.717) is 11.4 Å². The van der Waals surface area contributed by atoms with Gasteiger partial charge in [0.25, 0.3) is 0 Å². The van der Waals surface area contributed by atoms with Gasteiger partial charge in [0.2, 0.25) is 0 Å². The van der Waals surface area contributed by atoms with Crippen LogP contribution in [0.4, 0.5) is 17.3 Å². The molecule has 1 aliphatic heterocycles. The van der Waals surface area contributed by atoms with E-state index in [0.717, 1.165) is 42.5 Å². The molecule has 0 atom stereocenters. The highest BCUT2D eigenvalue weighted by Crippen LogP contribution is 2.34. The molecule has 4 rings (SSSR count). The van der Waals surface area contributed by atoms with Gasteiger partial charge in [-0.1, -0.05) is 6.07 Å². The third kappa shape index (κ3) is 3.92. The van der Waals surface area contributed by atoms with E-state index in [4.69, 9.17) is 14.7 Å². The molecule has 7 heteroatoms. The van der Waals surface area contributed by atoms with Crippen LogP contribution in [-0.4, -0.2) is 30.7 Å². The molecule has 0 spiro atoms. The standard InChI is InChI=1S/C22H21N5O2/c1-28-19-9-16-6-7-27(13-17(16)10-20(19)29-2)22-11-21(24-14-25-22)26-18-5-3-4-15(8-18)12-23/h3-5,8-11,14H,6-7,13H2,1-2H3,(H,24,25,26). The Hall–Kier alpha value is -3.79. The molecule has 1 aromatic heterocycles. The Morgan fingerprint density at radius 1 is 1.03 bits per heavy atom. The third-order valence-corrected chi connectivity index (χ3v) is 4.96. The van der Waals surface area contributed by atoms with Crippen molar-refractivity contribution in [3.8, 4) is 17.6 Å². The van der Waals surface area contributed by atoms with E-state index in [2.05, 4.69) is 32.3 Å². The first-order valence-electron chi connectivity index (χ1n) is 9.28. The van der Waals surface area contributed by atoms with Crippen molar-refractivity contribution in [3.05, 3.63) is 65.5 Å². The topological polar surface area (TPSA) is 83.3 Å². The predicted molar refractivity (Wildman–Crippen MR) is 111 cm³/mol. The van der Waals surface area contributed by atoms with Gasteiger partial charge in [0.15, 0.2) is 11.5 Å². The molecule has 0 amide bonds. The highest BCUT2D eigenvalue weighted by molar-refractivity contribution is 5.61. The average molecular weight is 387 g/mol. The van der Waals surface area contributed by atoms with Gasteiger partial charge in [0.05, 0.1) is 25.9 Å². The Labute approximate surface area is 169 Å². The molecule has 0 unspecified atom stereocenters. The molecule has 0 aliphatic carbocycles. The molecule has 29 heavy (non-hydrogen) atoms. The number of hydrogen-bond acceptors (Lipinski definition) is 7. The van der Waals surface area contributed by atoms with Gasteiger partial charge in [0, 0.05) is 24.8 Å². The molecule has 3 aromatic rings. The number of nitriles is 1. The molecular weight excluding hydrogens is 366 g/mol. The van der Waals surface area contributed by atoms with E-state index in [9.17, 15) is 0 Å². The maximum absolute atomic E-state index is 9.07. The molecule has 2 aromatic carbocycles. The SMILES string of the molecule is COc1cc2c(cc1OC)CN(c1cc(Nc3cccc(C#N)c3)ncn1)CC2. The Kier molecular flexibility index (Phi) is 5.16. The van der Waals surface area contributed by atoms with E-state index < -0.39 is 0 Å². The number of anilines is 3. The van der Waals surface area contributed by atoms with Gasteiger partial charge in [-0.25, -0.2) is 9.97 Å². The van der Waals surface area contributed by atoms with Crippen LogP contribution in [0.2, 0.25) is 0 Å². The fourth-order valence-corrected chi connectivity index (χ4v) is 3.48. The smallest absolute Gasteiger partial charge is 0.161 e. The summed E-state index contributed by atoms with van der Waals surface area (Å²) in [5, 5.41) is 12.3. The van der Waals surface area contributed by atoms with E-state index in [1.807, 2.05) is 24.3 Å². The lowest BCUT2D eigenvalue weighted by molar-refractivity contribution is 0.353. The number of aromatic nitrogens is 2. The second-order valence-corrected chi connectivity index (χ2v) is 6.73. The van der Waals surface area contributed by atoms with Crippen molar-refractivity contribution in [2.24, 2.45) is 0 Å². The van der Waals surface area contributed by atoms with Gasteiger partial charge < -0.3 is 19.7 Å². The van der Waals surface area contributed by atoms with Crippen LogP contribution in [0.5, 0.6) is 11.5 Å². The monoisotopic (exact) mass is 387 g/mol. The Morgan fingerprint density at radius 2 is 1.83 bits per heavy atom. The van der Waals surface area contributed by atoms with Crippen molar-refractivity contribution >= 4 is 17.3 Å². The summed E-state index contributed by atoms with van der Waals surface area (Å²) in [5.41, 5.74) is 3.87. The average Bonchev–Trinajstić information content (AvgIpc) is 2.78. The van der Waals surface area contributed by atoms with Crippen LogP contribution >= 0.6 is 0 Å². The molecule has 0 bridgehead atoms. The molecule has 0 saturated heterocycles. The number of ether oxygens (including phenoxy) is 2. The summed E-state index contributed by atoms with van der Waals surface area (Å²) in [4.78, 5) is 11.0. The molecule has 1 N–H and O–H groups in total. The second-order valence-electron chi connectivity index (χ2n) is 6.73. The van der Waals surface area contributed by atoms with Gasteiger partial charge in [0.1, 0.15) is 18.0 Å². The normalized spacial score (nSPS) is 12.7. The first-order valence-corrected chi connectivity index (χ1v) is 9.28. The number of fused-ring (bicyclic) bond motifs is 1. The van der Waals surface area contributed by atoms with Crippen LogP contribution in [0.15, 0.2) is 48.8 Å². The fourth-order valence-electron chi connectivity index (χ4n) is 3.48. The summed E-state index contributed by atoms with van der Waals surface area (Å²) in [6.45, 7) is 1.58. The van der Waals surface area contributed by atoms with Crippen LogP contribution < -0.4 is 19.7 Å². The number of benzene rings is 2. The summed E-state index contributed by atoms with van der Waals surface area (Å²) >= 11 is 0. The van der Waals surface area contributed by atoms with E-state index in [1.165, 1.54) is 11.1 Å². The molecule has 1 aliphatic rings. The quantitative estimate of drug-likeness (QED) is 0.715. The molecule has 146 valence electrons. The van der Waals surface area contributed by atoms with E-state index in [1.54, 1.807) is 32.7 Å². The lowest BCUT2D eigenvalue weighted by atomic mass is 9.99. The highest BCUT2D eigenvalue weighted by atomic mass is 16.5. The number of methoxy groups -OCH3 is 2. The highest BCUT2D eigenvalue weighted by Gasteiger charge is 2.20. The molecule has 2 heterocycles. The maximum Gasteiger partial charge on any atom is 0.161 e. The lowest BCUT2D eigenvalue weighted by Gasteiger charge is -2.30. The molecule has 0 fully saturated rings. The maximum atomic E-state index is 9.07. The van der Waals surface area contributed by atoms with Crippen LogP contribution in [-0.2, 0) is 13.0 Å². The zero-order chi connectivity index (χ0) is 20.2. The largest absolute Gasteiger partial charge is 0.493 e. The van der Waals surface area contributed by atoms with Crippen molar-refractivity contribution < 1.29 is 9.47 Å². The summed E-state index contributed by atoms with van der Waals surface area (Å²) in [5.74, 6) is 3.02. The number of nitrogens with zero attached hydrogens (tertiary/aromatic N) is 4. The fraction of sp³-hybridized carbons (Fsp3) is 0.227. The second kappa shape index (κ2) is 8.07. The van der Waals surface area contributed by atoms with Gasteiger partial charge in [-0.15, -0.1) is 0 Å². The first-order chi connectivity index (χ1) is 14.2. The van der Waals surface area contributed by atoms with Crippen LogP contribution in [0, 0.1) is 11.3 Å². The van der Waals surface area contributed by atoms with Gasteiger partial charge in [-0.2, -0.15) is 5.26 Å². The predicted octanol–water partition coefficient (Wildman–Crippen LogP) is 3.67. The van der Waals surface area contributed by atoms with Crippen molar-refractivity contribution in [1.82, 2.24) is 9.97 Å². The van der Waals surface area contributed by atoms with Crippen molar-refractivity contribution in [3.63, 3.8) is 0 Å². The Bertz CT molecular complexity index is 1080. The molecule has 7 nitrogen and oxygen atoms in total. The van der Waals surface area contributed by atoms with Crippen LogP contribution in [0.25, 0.3) is 0 Å². The summed E-state index contributed by atoms with van der Waals surface area (Å²) in [6, 6.07) is 15.5. The van der Waals surface area contributed by atoms with Gasteiger partial charge in [-0.3, -0.25) is 0 Å². The van der Waals surface area contributed by atoms with Crippen LogP contribution in [0.3, 0.4) is 0 Å². The summed E-state index contributed by atoms with van der Waals surface area (Å²) in [6.07, 6.45) is 2.45. The molecule has 0 radical (unpaired) electrons. The van der Waals surface area contributed by atoms with Crippen LogP contribution in [0.1, 0.15) is 16.7 Å². The Balaban J connectivity index is 1.55. The number of nitrogens with one attached hydrogen (secondary N) is 1. The first kappa shape index (κ1) is 18.6. The van der Waals surface area contributed by atoms with Crippen molar-refractivity contribution in [1.29, 1.82) is 5.26 Å². The Morgan fingerprint density at radius 3 is 2.59 bits per heavy atom. The van der Waals surface area contributed by atoms with Crippen molar-refractivity contribution in [2.75, 3.05) is 31.0 Å². The zero-order valence-electron chi connectivity index (χ0n) is 16.3. The van der Waals surface area contributed by atoms with Gasteiger partial charge in [-0.05, 0) is 47.9 Å². The summed E-state index contributed by atoms with van der Waals surface area (Å²) < 4.78 is 10.9. The molecular formula is C22H21N5O2. The summed E-state index contributed by atoms with van der Waals surface area (Å²) in [7, 11) is 3.30. The minimum Gasteiger partial charge on any atom is -0.493 e. The van der Waals surface area contributed by atoms with E-state index >= 15 is 0 Å². The minimum absolute atomic E-state index is 0.598.